The maximum atomic E-state index is 13.7. The summed E-state index contributed by atoms with van der Waals surface area (Å²) in [4.78, 5) is 12.1. The number of benzene rings is 1. The summed E-state index contributed by atoms with van der Waals surface area (Å²) in [5, 5.41) is 3.05. The molecule has 0 radical (unpaired) electrons. The number of nitrogens with one attached hydrogen (secondary N) is 1. The van der Waals surface area contributed by atoms with Crippen LogP contribution in [-0.4, -0.2) is 16.8 Å². The molecule has 1 rings (SSSR count). The second-order valence-electron chi connectivity index (χ2n) is 4.77. The normalized spacial score (nSPS) is 12.3. The van der Waals surface area contributed by atoms with Gasteiger partial charge in [-0.15, -0.1) is 0 Å². The van der Waals surface area contributed by atoms with E-state index in [1.165, 1.54) is 0 Å². The first kappa shape index (κ1) is 17.9. The van der Waals surface area contributed by atoms with Gasteiger partial charge in [0.25, 0.3) is 5.91 Å². The van der Waals surface area contributed by atoms with E-state index in [4.69, 9.17) is 0 Å². The number of rotatable bonds is 5. The lowest BCUT2D eigenvalue weighted by Crippen LogP contribution is -2.49. The van der Waals surface area contributed by atoms with Gasteiger partial charge < -0.3 is 5.32 Å². The molecule has 2 nitrogen and oxygen atoms in total. The van der Waals surface area contributed by atoms with Crippen LogP contribution in [0.25, 0.3) is 0 Å². The molecule has 0 saturated carbocycles. The van der Waals surface area contributed by atoms with Crippen LogP contribution in [0.15, 0.2) is 18.2 Å². The van der Waals surface area contributed by atoms with Crippen LogP contribution in [0, 0.1) is 5.82 Å². The Hall–Kier alpha value is -1.11. The van der Waals surface area contributed by atoms with Gasteiger partial charge in [-0.1, -0.05) is 29.8 Å². The molecule has 0 spiro atoms. The first-order chi connectivity index (χ1) is 9.69. The molecule has 1 aromatic carbocycles. The number of amides is 1. The number of carbonyl (C=O) groups is 1. The highest BCUT2D eigenvalue weighted by molar-refractivity contribution is 9.09. The fourth-order valence-corrected chi connectivity index (χ4v) is 2.77. The van der Waals surface area contributed by atoms with E-state index in [0.29, 0.717) is 36.4 Å². The largest absolute Gasteiger partial charge is 0.416 e. The molecule has 1 N–H and O–H groups in total. The van der Waals surface area contributed by atoms with Gasteiger partial charge in [-0.25, -0.2) is 4.39 Å². The predicted molar refractivity (Wildman–Crippen MR) is 76.0 cm³/mol. The first-order valence-corrected chi connectivity index (χ1v) is 7.56. The molecule has 0 heterocycles. The quantitative estimate of drug-likeness (QED) is 0.599. The van der Waals surface area contributed by atoms with Crippen molar-refractivity contribution in [3.63, 3.8) is 0 Å². The van der Waals surface area contributed by atoms with Crippen LogP contribution in [-0.2, 0) is 6.18 Å². The third kappa shape index (κ3) is 4.18. The summed E-state index contributed by atoms with van der Waals surface area (Å²) in [5.74, 6) is -1.82. The van der Waals surface area contributed by atoms with Gasteiger partial charge in [-0.3, -0.25) is 4.79 Å². The maximum absolute atomic E-state index is 13.7. The van der Waals surface area contributed by atoms with Crippen molar-refractivity contribution in [1.82, 2.24) is 5.32 Å². The Morgan fingerprint density at radius 2 is 1.81 bits per heavy atom. The molecule has 0 aliphatic carbocycles. The van der Waals surface area contributed by atoms with Crippen LogP contribution in [0.1, 0.15) is 42.6 Å². The molecule has 0 fully saturated rings. The molecule has 0 aliphatic rings. The van der Waals surface area contributed by atoms with Crippen molar-refractivity contribution >= 4 is 21.8 Å². The Labute approximate surface area is 129 Å². The zero-order chi connectivity index (χ0) is 16.3. The summed E-state index contributed by atoms with van der Waals surface area (Å²) < 4.78 is 51.6. The molecule has 0 aromatic heterocycles. The summed E-state index contributed by atoms with van der Waals surface area (Å²) in [6, 6.07) is 1.81. The van der Waals surface area contributed by atoms with Gasteiger partial charge >= 0.3 is 6.18 Å². The second-order valence-corrected chi connectivity index (χ2v) is 5.33. The maximum Gasteiger partial charge on any atom is 0.416 e. The van der Waals surface area contributed by atoms with Crippen LogP contribution < -0.4 is 5.32 Å². The van der Waals surface area contributed by atoms with Gasteiger partial charge in [0, 0.05) is 10.9 Å². The number of carbonyl (C=O) groups excluding carboxylic acids is 1. The lowest BCUT2D eigenvalue weighted by Gasteiger charge is -2.31. The average Bonchev–Trinajstić information content (AvgIpc) is 2.44. The van der Waals surface area contributed by atoms with Gasteiger partial charge in [-0.05, 0) is 31.0 Å². The Kier molecular flexibility index (Phi) is 5.78. The molecule has 0 atom stereocenters. The van der Waals surface area contributed by atoms with Gasteiger partial charge in [0.05, 0.1) is 11.1 Å². The van der Waals surface area contributed by atoms with Crippen molar-refractivity contribution in [2.45, 2.75) is 38.4 Å². The van der Waals surface area contributed by atoms with Crippen molar-refractivity contribution in [1.29, 1.82) is 0 Å². The lowest BCUT2D eigenvalue weighted by atomic mass is 9.94. The molecule has 0 bridgehead atoms. The lowest BCUT2D eigenvalue weighted by molar-refractivity contribution is -0.137. The summed E-state index contributed by atoms with van der Waals surface area (Å²) >= 11 is 3.27. The van der Waals surface area contributed by atoms with Crippen molar-refractivity contribution < 1.29 is 22.4 Å². The van der Waals surface area contributed by atoms with E-state index in [1.807, 2.05) is 13.8 Å². The summed E-state index contributed by atoms with van der Waals surface area (Å²) in [5.41, 5.74) is -2.26. The zero-order valence-electron chi connectivity index (χ0n) is 11.7. The van der Waals surface area contributed by atoms with Crippen molar-refractivity contribution in [3.05, 3.63) is 35.1 Å². The zero-order valence-corrected chi connectivity index (χ0v) is 13.2. The first-order valence-electron chi connectivity index (χ1n) is 6.44. The van der Waals surface area contributed by atoms with Crippen LogP contribution in [0.2, 0.25) is 0 Å². The monoisotopic (exact) mass is 369 g/mol. The minimum Gasteiger partial charge on any atom is -0.346 e. The van der Waals surface area contributed by atoms with Crippen molar-refractivity contribution in [2.75, 3.05) is 5.33 Å². The third-order valence-corrected chi connectivity index (χ3v) is 4.60. The number of halogens is 5. The predicted octanol–water partition coefficient (Wildman–Crippen LogP) is 4.53. The Bertz CT molecular complexity index is 504. The van der Waals surface area contributed by atoms with E-state index >= 15 is 0 Å². The molecule has 1 aromatic rings. The molecular weight excluding hydrogens is 354 g/mol. The highest BCUT2D eigenvalue weighted by atomic mass is 79.9. The molecule has 0 aliphatic heterocycles. The van der Waals surface area contributed by atoms with E-state index < -0.39 is 34.6 Å². The van der Waals surface area contributed by atoms with Gasteiger partial charge in [0.15, 0.2) is 0 Å². The van der Waals surface area contributed by atoms with E-state index in [2.05, 4.69) is 21.2 Å². The van der Waals surface area contributed by atoms with E-state index in [1.54, 1.807) is 0 Å². The van der Waals surface area contributed by atoms with E-state index in [-0.39, 0.29) is 0 Å². The molecule has 118 valence electrons. The summed E-state index contributed by atoms with van der Waals surface area (Å²) in [6.07, 6.45) is -3.48. The molecule has 0 unspecified atom stereocenters. The van der Waals surface area contributed by atoms with Crippen LogP contribution in [0.4, 0.5) is 17.6 Å². The average molecular weight is 370 g/mol. The SMILES string of the molecule is CCC(CC)(CBr)NC(=O)c1cc(C(F)(F)F)ccc1F. The minimum absolute atomic E-state index is 0.430. The number of hydrogen-bond donors (Lipinski definition) is 1. The Balaban J connectivity index is 3.13. The van der Waals surface area contributed by atoms with E-state index in [9.17, 15) is 22.4 Å². The fourth-order valence-electron chi connectivity index (χ4n) is 1.83. The van der Waals surface area contributed by atoms with Crippen molar-refractivity contribution in [2.24, 2.45) is 0 Å². The molecular formula is C14H16BrF4NO. The molecule has 7 heteroatoms. The summed E-state index contributed by atoms with van der Waals surface area (Å²) in [6.45, 7) is 3.68. The molecule has 0 saturated heterocycles. The Morgan fingerprint density at radius 3 is 2.24 bits per heavy atom. The van der Waals surface area contributed by atoms with Crippen molar-refractivity contribution in [3.8, 4) is 0 Å². The minimum atomic E-state index is -4.62. The van der Waals surface area contributed by atoms with Gasteiger partial charge in [0.1, 0.15) is 5.82 Å². The third-order valence-electron chi connectivity index (χ3n) is 3.53. The topological polar surface area (TPSA) is 29.1 Å². The van der Waals surface area contributed by atoms with E-state index in [0.717, 1.165) is 0 Å². The number of alkyl halides is 4. The second kappa shape index (κ2) is 6.77. The van der Waals surface area contributed by atoms with Gasteiger partial charge in [0.2, 0.25) is 0 Å². The highest BCUT2D eigenvalue weighted by Gasteiger charge is 2.33. The molecule has 21 heavy (non-hydrogen) atoms. The fraction of sp³-hybridized carbons (Fsp3) is 0.500. The van der Waals surface area contributed by atoms with Crippen LogP contribution in [0.5, 0.6) is 0 Å². The molecule has 1 amide bonds. The van der Waals surface area contributed by atoms with Gasteiger partial charge in [-0.2, -0.15) is 13.2 Å². The highest BCUT2D eigenvalue weighted by Crippen LogP contribution is 2.30. The smallest absolute Gasteiger partial charge is 0.346 e. The summed E-state index contributed by atoms with van der Waals surface area (Å²) in [7, 11) is 0. The Morgan fingerprint density at radius 1 is 1.24 bits per heavy atom. The standard InChI is InChI=1S/C14H16BrF4NO/c1-3-13(4-2,8-15)20-12(21)10-7-9(14(17,18)19)5-6-11(10)16/h5-7H,3-4,8H2,1-2H3,(H,20,21). The number of hydrogen-bond acceptors (Lipinski definition) is 1. The van der Waals surface area contributed by atoms with Crippen LogP contribution >= 0.6 is 15.9 Å². The van der Waals surface area contributed by atoms with Crippen LogP contribution in [0.3, 0.4) is 0 Å².